The van der Waals surface area contributed by atoms with Gasteiger partial charge in [0.25, 0.3) is 0 Å². The third-order valence-electron chi connectivity index (χ3n) is 2.14. The number of aromatic nitrogens is 1. The van der Waals surface area contributed by atoms with Crippen LogP contribution in [0.2, 0.25) is 0 Å². The van der Waals surface area contributed by atoms with Gasteiger partial charge >= 0.3 is 0 Å². The zero-order valence-electron chi connectivity index (χ0n) is 7.57. The first-order valence-corrected chi connectivity index (χ1v) is 4.10. The van der Waals surface area contributed by atoms with Crippen molar-refractivity contribution in [1.82, 2.24) is 4.98 Å². The van der Waals surface area contributed by atoms with Gasteiger partial charge in [-0.2, -0.15) is 0 Å². The molecule has 2 N–H and O–H groups in total. The quantitative estimate of drug-likeness (QED) is 0.710. The van der Waals surface area contributed by atoms with Crippen molar-refractivity contribution in [3.63, 3.8) is 0 Å². The van der Waals surface area contributed by atoms with Crippen LogP contribution in [0.1, 0.15) is 10.4 Å². The van der Waals surface area contributed by atoms with E-state index in [2.05, 4.69) is 4.98 Å². The Bertz CT molecular complexity index is 487. The maximum Gasteiger partial charge on any atom is 0.200 e. The van der Waals surface area contributed by atoms with Crippen molar-refractivity contribution in [3.8, 4) is 11.6 Å². The zero-order chi connectivity index (χ0) is 10.1. The summed E-state index contributed by atoms with van der Waals surface area (Å²) in [4.78, 5) is 13.3. The van der Waals surface area contributed by atoms with Crippen molar-refractivity contribution >= 4 is 17.2 Å². The Labute approximate surface area is 80.1 Å². The third kappa shape index (κ3) is 1.12. The zero-order valence-corrected chi connectivity index (χ0v) is 7.57. The van der Waals surface area contributed by atoms with E-state index in [1.807, 2.05) is 0 Å². The molecule has 0 fully saturated rings. The van der Waals surface area contributed by atoms with Crippen molar-refractivity contribution < 1.29 is 14.6 Å². The molecule has 0 saturated carbocycles. The average Bonchev–Trinajstić information content (AvgIpc) is 2.51. The molecule has 2 rings (SSSR count). The number of methoxy groups -OCH3 is 1. The molecule has 0 aliphatic heterocycles. The molecular weight excluding hydrogens is 182 g/mol. The monoisotopic (exact) mass is 191 g/mol. The van der Waals surface area contributed by atoms with Gasteiger partial charge in [-0.3, -0.25) is 4.79 Å². The van der Waals surface area contributed by atoms with Gasteiger partial charge in [-0.05, 0) is 12.1 Å². The molecule has 4 nitrogen and oxygen atoms in total. The van der Waals surface area contributed by atoms with E-state index in [-0.39, 0.29) is 11.4 Å². The number of rotatable bonds is 2. The van der Waals surface area contributed by atoms with Gasteiger partial charge < -0.3 is 14.8 Å². The van der Waals surface area contributed by atoms with Crippen LogP contribution in [0.3, 0.4) is 0 Å². The second-order valence-corrected chi connectivity index (χ2v) is 2.92. The highest BCUT2D eigenvalue weighted by atomic mass is 16.5. The van der Waals surface area contributed by atoms with Crippen LogP contribution in [0.15, 0.2) is 18.2 Å². The molecular formula is C10H9NO3. The molecule has 0 spiro atoms. The van der Waals surface area contributed by atoms with Crippen LogP contribution in [0.25, 0.3) is 10.9 Å². The molecule has 72 valence electrons. The fraction of sp³-hybridized carbons (Fsp3) is 0.100. The Hall–Kier alpha value is -1.97. The standard InChI is InChI=1S/C10H9NO3/c1-14-6-2-3-7-8(5-12)10(13)11-9(7)4-6/h2-5,11,13H,1H3. The molecule has 0 amide bonds. The minimum Gasteiger partial charge on any atom is -0.497 e. The molecule has 4 heteroatoms. The lowest BCUT2D eigenvalue weighted by molar-refractivity contribution is 0.112. The van der Waals surface area contributed by atoms with E-state index in [4.69, 9.17) is 4.74 Å². The SMILES string of the molecule is COc1ccc2c(C=O)c(O)[nH]c2c1. The number of carbonyl (C=O) groups excluding carboxylic acids is 1. The normalized spacial score (nSPS) is 10.4. The molecule has 2 aromatic rings. The number of H-pyrrole nitrogens is 1. The third-order valence-corrected chi connectivity index (χ3v) is 2.14. The minimum atomic E-state index is -0.108. The number of benzene rings is 1. The number of aromatic hydroxyl groups is 1. The molecule has 0 saturated heterocycles. The van der Waals surface area contributed by atoms with Gasteiger partial charge in [0.2, 0.25) is 0 Å². The fourth-order valence-corrected chi connectivity index (χ4v) is 1.43. The van der Waals surface area contributed by atoms with E-state index < -0.39 is 0 Å². The van der Waals surface area contributed by atoms with Crippen LogP contribution in [0.5, 0.6) is 11.6 Å². The van der Waals surface area contributed by atoms with Crippen LogP contribution < -0.4 is 4.74 Å². The molecule has 0 unspecified atom stereocenters. The number of ether oxygens (including phenoxy) is 1. The number of nitrogens with one attached hydrogen (secondary N) is 1. The van der Waals surface area contributed by atoms with Crippen molar-refractivity contribution in [2.24, 2.45) is 0 Å². The Morgan fingerprint density at radius 2 is 2.29 bits per heavy atom. The van der Waals surface area contributed by atoms with E-state index in [9.17, 15) is 9.90 Å². The molecule has 1 aromatic heterocycles. The number of aromatic amines is 1. The Kier molecular flexibility index (Phi) is 1.89. The first kappa shape index (κ1) is 8.62. The first-order valence-electron chi connectivity index (χ1n) is 4.10. The second kappa shape index (κ2) is 3.06. The highest BCUT2D eigenvalue weighted by molar-refractivity contribution is 6.00. The number of fused-ring (bicyclic) bond motifs is 1. The molecule has 0 aliphatic carbocycles. The second-order valence-electron chi connectivity index (χ2n) is 2.92. The topological polar surface area (TPSA) is 62.3 Å². The summed E-state index contributed by atoms with van der Waals surface area (Å²) in [6.07, 6.45) is 0.626. The van der Waals surface area contributed by atoms with Crippen molar-refractivity contribution in [2.45, 2.75) is 0 Å². The highest BCUT2D eigenvalue weighted by Crippen LogP contribution is 2.28. The van der Waals surface area contributed by atoms with Crippen molar-refractivity contribution in [3.05, 3.63) is 23.8 Å². The lowest BCUT2D eigenvalue weighted by atomic mass is 10.2. The lowest BCUT2D eigenvalue weighted by Gasteiger charge is -1.97. The van der Waals surface area contributed by atoms with E-state index in [0.29, 0.717) is 22.9 Å². The Morgan fingerprint density at radius 1 is 1.50 bits per heavy atom. The van der Waals surface area contributed by atoms with Crippen LogP contribution in [0.4, 0.5) is 0 Å². The van der Waals surface area contributed by atoms with Gasteiger partial charge in [0, 0.05) is 11.5 Å². The fourth-order valence-electron chi connectivity index (χ4n) is 1.43. The van der Waals surface area contributed by atoms with Crippen molar-refractivity contribution in [2.75, 3.05) is 7.11 Å². The minimum absolute atomic E-state index is 0.108. The van der Waals surface area contributed by atoms with Gasteiger partial charge in [0.15, 0.2) is 12.2 Å². The molecule has 0 radical (unpaired) electrons. The summed E-state index contributed by atoms with van der Waals surface area (Å²) in [5, 5.41) is 10.1. The maximum absolute atomic E-state index is 10.6. The van der Waals surface area contributed by atoms with E-state index in [0.717, 1.165) is 0 Å². The van der Waals surface area contributed by atoms with E-state index >= 15 is 0 Å². The average molecular weight is 191 g/mol. The van der Waals surface area contributed by atoms with Crippen molar-refractivity contribution in [1.29, 1.82) is 0 Å². The first-order chi connectivity index (χ1) is 6.76. The highest BCUT2D eigenvalue weighted by Gasteiger charge is 2.09. The summed E-state index contributed by atoms with van der Waals surface area (Å²) in [5.41, 5.74) is 0.964. The lowest BCUT2D eigenvalue weighted by Crippen LogP contribution is -1.81. The van der Waals surface area contributed by atoms with Gasteiger partial charge in [0.05, 0.1) is 18.2 Å². The van der Waals surface area contributed by atoms with Crippen LogP contribution in [0, 0.1) is 0 Å². The Balaban J connectivity index is 2.74. The number of hydrogen-bond donors (Lipinski definition) is 2. The maximum atomic E-state index is 10.6. The summed E-state index contributed by atoms with van der Waals surface area (Å²) in [7, 11) is 1.56. The summed E-state index contributed by atoms with van der Waals surface area (Å²) in [6, 6.07) is 5.19. The van der Waals surface area contributed by atoms with Gasteiger partial charge in [-0.25, -0.2) is 0 Å². The van der Waals surface area contributed by atoms with Crippen LogP contribution in [-0.2, 0) is 0 Å². The molecule has 0 atom stereocenters. The number of carbonyl (C=O) groups is 1. The van der Waals surface area contributed by atoms with E-state index in [1.54, 1.807) is 25.3 Å². The van der Waals surface area contributed by atoms with Crippen LogP contribution in [-0.4, -0.2) is 23.5 Å². The molecule has 0 aliphatic rings. The number of hydrogen-bond acceptors (Lipinski definition) is 3. The van der Waals surface area contributed by atoms with Gasteiger partial charge in [-0.1, -0.05) is 0 Å². The summed E-state index contributed by atoms with van der Waals surface area (Å²) >= 11 is 0. The largest absolute Gasteiger partial charge is 0.497 e. The molecule has 1 aromatic carbocycles. The van der Waals surface area contributed by atoms with Gasteiger partial charge in [-0.15, -0.1) is 0 Å². The summed E-state index contributed by atoms with van der Waals surface area (Å²) in [6.45, 7) is 0. The number of aldehydes is 1. The van der Waals surface area contributed by atoms with E-state index in [1.165, 1.54) is 0 Å². The summed E-state index contributed by atoms with van der Waals surface area (Å²) < 4.78 is 5.02. The van der Waals surface area contributed by atoms with Gasteiger partial charge in [0.1, 0.15) is 5.75 Å². The summed E-state index contributed by atoms with van der Waals surface area (Å²) in [5.74, 6) is 0.569. The molecule has 0 bridgehead atoms. The predicted molar refractivity (Wildman–Crippen MR) is 51.9 cm³/mol. The Morgan fingerprint density at radius 3 is 2.93 bits per heavy atom. The predicted octanol–water partition coefficient (Wildman–Crippen LogP) is 1.69. The van der Waals surface area contributed by atoms with Crippen LogP contribution >= 0.6 is 0 Å². The molecule has 1 heterocycles. The molecule has 14 heavy (non-hydrogen) atoms. The smallest absolute Gasteiger partial charge is 0.200 e.